The molecule has 0 radical (unpaired) electrons. The van der Waals surface area contributed by atoms with Gasteiger partial charge in [-0.3, -0.25) is 9.59 Å². The molecule has 10 heteroatoms. The number of carbonyl (C=O) groups excluding carboxylic acids is 2. The number of H-pyrrole nitrogens is 1. The molecule has 0 aliphatic carbocycles. The number of rotatable bonds is 8. The topological polar surface area (TPSA) is 119 Å². The number of nitrogens with one attached hydrogen (secondary N) is 1. The second-order valence-electron chi connectivity index (χ2n) is 7.82. The third-order valence-electron chi connectivity index (χ3n) is 5.75. The molecule has 1 saturated heterocycles. The lowest BCUT2D eigenvalue weighted by atomic mass is 10.2. The Morgan fingerprint density at radius 3 is 2.33 bits per heavy atom. The fourth-order valence-electron chi connectivity index (χ4n) is 4.01. The Kier molecular flexibility index (Phi) is 6.95. The second kappa shape index (κ2) is 10.1. The number of amides is 2. The number of piperazine rings is 1. The molecule has 0 saturated carbocycles. The highest BCUT2D eigenvalue weighted by Crippen LogP contribution is 2.19. The van der Waals surface area contributed by atoms with Crippen molar-refractivity contribution in [1.29, 1.82) is 0 Å². The zero-order valence-corrected chi connectivity index (χ0v) is 19.0. The summed E-state index contributed by atoms with van der Waals surface area (Å²) in [5.74, 6) is 0.0188. The van der Waals surface area contributed by atoms with E-state index in [9.17, 15) is 9.59 Å². The van der Waals surface area contributed by atoms with E-state index in [-0.39, 0.29) is 17.6 Å². The molecule has 33 heavy (non-hydrogen) atoms. The fraction of sp³-hybridized carbons (Fsp3) is 0.435. The molecule has 3 N–H and O–H groups in total. The molecule has 0 bridgehead atoms. The number of anilines is 1. The number of carbonyl (C=O) groups is 2. The molecule has 1 aliphatic rings. The number of nitrogens with zero attached hydrogens (tertiary/aromatic N) is 4. The summed E-state index contributed by atoms with van der Waals surface area (Å²) in [6.07, 6.45) is 0.999. The van der Waals surface area contributed by atoms with Gasteiger partial charge in [-0.25, -0.2) is 4.68 Å². The number of fused-ring (bicyclic) bond motifs is 1. The van der Waals surface area contributed by atoms with Gasteiger partial charge >= 0.3 is 0 Å². The predicted molar refractivity (Wildman–Crippen MR) is 124 cm³/mol. The van der Waals surface area contributed by atoms with Crippen LogP contribution in [0, 0.1) is 0 Å². The number of aromatic nitrogens is 3. The minimum Gasteiger partial charge on any atom is -0.383 e. The molecule has 1 aromatic carbocycles. The van der Waals surface area contributed by atoms with Gasteiger partial charge in [0.1, 0.15) is 17.1 Å². The first-order valence-corrected chi connectivity index (χ1v) is 11.2. The van der Waals surface area contributed by atoms with Crippen molar-refractivity contribution in [2.75, 3.05) is 45.1 Å². The highest BCUT2D eigenvalue weighted by Gasteiger charge is 2.28. The van der Waals surface area contributed by atoms with E-state index < -0.39 is 6.29 Å². The summed E-state index contributed by atoms with van der Waals surface area (Å²) in [5.41, 5.74) is 8.04. The highest BCUT2D eigenvalue weighted by molar-refractivity contribution is 5.99. The molecule has 1 fully saturated rings. The summed E-state index contributed by atoms with van der Waals surface area (Å²) in [6, 6.07) is 9.64. The van der Waals surface area contributed by atoms with E-state index in [4.69, 9.17) is 15.2 Å². The Labute approximate surface area is 192 Å². The maximum atomic E-state index is 13.1. The first-order valence-electron chi connectivity index (χ1n) is 11.2. The van der Waals surface area contributed by atoms with E-state index in [0.717, 1.165) is 10.9 Å². The predicted octanol–water partition coefficient (Wildman–Crippen LogP) is 1.94. The van der Waals surface area contributed by atoms with E-state index in [2.05, 4.69) is 10.1 Å². The van der Waals surface area contributed by atoms with E-state index in [0.29, 0.717) is 57.2 Å². The molecular weight excluding hydrogens is 424 g/mol. The third kappa shape index (κ3) is 4.86. The van der Waals surface area contributed by atoms with Crippen LogP contribution in [0.3, 0.4) is 0 Å². The van der Waals surface area contributed by atoms with E-state index in [1.165, 1.54) is 10.9 Å². The molecule has 2 aromatic heterocycles. The van der Waals surface area contributed by atoms with Crippen LogP contribution in [0.2, 0.25) is 0 Å². The van der Waals surface area contributed by atoms with Crippen molar-refractivity contribution in [2.24, 2.45) is 0 Å². The van der Waals surface area contributed by atoms with Gasteiger partial charge in [-0.1, -0.05) is 18.2 Å². The zero-order chi connectivity index (χ0) is 23.4. The lowest BCUT2D eigenvalue weighted by Crippen LogP contribution is -2.50. The Morgan fingerprint density at radius 2 is 1.70 bits per heavy atom. The van der Waals surface area contributed by atoms with Gasteiger partial charge in [0.15, 0.2) is 6.29 Å². The largest absolute Gasteiger partial charge is 0.383 e. The van der Waals surface area contributed by atoms with Crippen molar-refractivity contribution in [1.82, 2.24) is 24.6 Å². The van der Waals surface area contributed by atoms with Gasteiger partial charge < -0.3 is 30.0 Å². The van der Waals surface area contributed by atoms with E-state index >= 15 is 0 Å². The summed E-state index contributed by atoms with van der Waals surface area (Å²) >= 11 is 0. The van der Waals surface area contributed by atoms with Crippen LogP contribution in [0.5, 0.6) is 0 Å². The van der Waals surface area contributed by atoms with Crippen LogP contribution in [0.4, 0.5) is 5.82 Å². The van der Waals surface area contributed by atoms with Crippen molar-refractivity contribution >= 4 is 28.5 Å². The van der Waals surface area contributed by atoms with Crippen molar-refractivity contribution < 1.29 is 19.1 Å². The maximum absolute atomic E-state index is 13.1. The van der Waals surface area contributed by atoms with E-state index in [1.54, 1.807) is 9.80 Å². The Hall–Kier alpha value is -3.37. The number of para-hydroxylation sites is 1. The minimum atomic E-state index is -0.482. The smallest absolute Gasteiger partial charge is 0.270 e. The molecule has 176 valence electrons. The molecule has 1 aliphatic heterocycles. The molecule has 10 nitrogen and oxygen atoms in total. The molecule has 0 spiro atoms. The van der Waals surface area contributed by atoms with Crippen LogP contribution in [-0.2, 0) is 16.0 Å². The van der Waals surface area contributed by atoms with Gasteiger partial charge in [-0.2, -0.15) is 5.10 Å². The molecule has 0 unspecified atom stereocenters. The number of hydrogen-bond donors (Lipinski definition) is 2. The van der Waals surface area contributed by atoms with Gasteiger partial charge in [0.2, 0.25) is 0 Å². The van der Waals surface area contributed by atoms with Crippen molar-refractivity contribution in [3.63, 3.8) is 0 Å². The first-order chi connectivity index (χ1) is 16.0. The van der Waals surface area contributed by atoms with Crippen LogP contribution in [0.1, 0.15) is 34.7 Å². The van der Waals surface area contributed by atoms with Crippen LogP contribution < -0.4 is 5.73 Å². The number of ether oxygens (including phenoxy) is 2. The summed E-state index contributed by atoms with van der Waals surface area (Å²) < 4.78 is 12.6. The number of benzene rings is 1. The summed E-state index contributed by atoms with van der Waals surface area (Å²) in [6.45, 7) is 6.82. The van der Waals surface area contributed by atoms with Crippen LogP contribution in [0.25, 0.3) is 10.9 Å². The van der Waals surface area contributed by atoms with Gasteiger partial charge in [-0.15, -0.1) is 0 Å². The standard InChI is InChI=1S/C23H30N6O4/c1-3-32-20(33-4-2)15-29-21(24)17(14-25-29)22(30)27-9-11-28(12-10-27)23(31)19-13-16-7-5-6-8-18(16)26-19/h5-8,13-14,20,26H,3-4,9-12,15,24H2,1-2H3. The Bertz CT molecular complexity index is 1080. The number of hydrogen-bond acceptors (Lipinski definition) is 6. The van der Waals surface area contributed by atoms with Crippen molar-refractivity contribution in [2.45, 2.75) is 26.7 Å². The molecule has 4 rings (SSSR count). The zero-order valence-electron chi connectivity index (χ0n) is 19.0. The number of aromatic amines is 1. The molecular formula is C23H30N6O4. The van der Waals surface area contributed by atoms with Crippen LogP contribution in [-0.4, -0.2) is 82.1 Å². The third-order valence-corrected chi connectivity index (χ3v) is 5.75. The van der Waals surface area contributed by atoms with E-state index in [1.807, 2.05) is 44.2 Å². The average molecular weight is 455 g/mol. The first kappa shape index (κ1) is 22.8. The van der Waals surface area contributed by atoms with Crippen LogP contribution >= 0.6 is 0 Å². The summed E-state index contributed by atoms with van der Waals surface area (Å²) in [5, 5.41) is 5.25. The molecule has 3 heterocycles. The quantitative estimate of drug-likeness (QED) is 0.502. The normalized spacial score (nSPS) is 14.4. The van der Waals surface area contributed by atoms with Gasteiger partial charge in [0, 0.05) is 50.3 Å². The maximum Gasteiger partial charge on any atom is 0.270 e. The monoisotopic (exact) mass is 454 g/mol. The number of nitrogens with two attached hydrogens (primary N) is 1. The SMILES string of the molecule is CCOC(Cn1ncc(C(=O)N2CCN(C(=O)c3cc4ccccc4[nH]3)CC2)c1N)OCC. The van der Waals surface area contributed by atoms with Gasteiger partial charge in [0.05, 0.1) is 12.7 Å². The lowest BCUT2D eigenvalue weighted by molar-refractivity contribution is -0.144. The van der Waals surface area contributed by atoms with Gasteiger partial charge in [0.25, 0.3) is 11.8 Å². The number of nitrogen functional groups attached to an aromatic ring is 1. The summed E-state index contributed by atoms with van der Waals surface area (Å²) in [4.78, 5) is 32.6. The minimum absolute atomic E-state index is 0.0662. The van der Waals surface area contributed by atoms with Crippen molar-refractivity contribution in [3.05, 3.63) is 47.8 Å². The second-order valence-corrected chi connectivity index (χ2v) is 7.82. The lowest BCUT2D eigenvalue weighted by Gasteiger charge is -2.34. The van der Waals surface area contributed by atoms with Gasteiger partial charge in [-0.05, 0) is 26.0 Å². The summed E-state index contributed by atoms with van der Waals surface area (Å²) in [7, 11) is 0. The molecule has 2 amide bonds. The Balaban J connectivity index is 1.37. The van der Waals surface area contributed by atoms with Crippen molar-refractivity contribution in [3.8, 4) is 0 Å². The van der Waals surface area contributed by atoms with Crippen LogP contribution in [0.15, 0.2) is 36.5 Å². The Morgan fingerprint density at radius 1 is 1.06 bits per heavy atom. The molecule has 3 aromatic rings. The highest BCUT2D eigenvalue weighted by atomic mass is 16.7. The average Bonchev–Trinajstić information content (AvgIpc) is 3.42. The fourth-order valence-corrected chi connectivity index (χ4v) is 4.01. The molecule has 0 atom stereocenters.